The molecular weight excluding hydrogens is 728 g/mol. The predicted molar refractivity (Wildman–Crippen MR) is 166 cm³/mol. The first-order valence-corrected chi connectivity index (χ1v) is 18.5. The molecule has 0 radical (unpaired) electrons. The Hall–Kier alpha value is -2.86. The average Bonchev–Trinajstić information content (AvgIpc) is 3.75. The summed E-state index contributed by atoms with van der Waals surface area (Å²) >= 11 is 8.70. The summed E-state index contributed by atoms with van der Waals surface area (Å²) in [5.41, 5.74) is 9.11. The van der Waals surface area contributed by atoms with Crippen molar-refractivity contribution in [2.75, 3.05) is 31.8 Å². The average molecular weight is 756 g/mol. The van der Waals surface area contributed by atoms with Crippen LogP contribution in [0.15, 0.2) is 23.8 Å². The number of nitrogens with one attached hydrogen (secondary N) is 1. The van der Waals surface area contributed by atoms with Crippen LogP contribution in [0.25, 0.3) is 22.3 Å². The van der Waals surface area contributed by atoms with Gasteiger partial charge in [0.1, 0.15) is 48.5 Å². The van der Waals surface area contributed by atoms with Crippen LogP contribution in [0.5, 0.6) is 0 Å². The summed E-state index contributed by atoms with van der Waals surface area (Å²) in [4.78, 5) is 45.8. The minimum Gasteiger partial charge on any atom is -0.387 e. The monoisotopic (exact) mass is 755 g/mol. The number of methoxy groups -OCH3 is 1. The number of hydrogen-bond donors (Lipinski definition) is 6. The Labute approximate surface area is 278 Å². The summed E-state index contributed by atoms with van der Waals surface area (Å²) in [6, 6.07) is 0. The van der Waals surface area contributed by atoms with Gasteiger partial charge in [-0.1, -0.05) is 0 Å². The molecule has 4 aromatic heterocycles. The highest BCUT2D eigenvalue weighted by Crippen LogP contribution is 2.55. The minimum atomic E-state index is -4.66. The molecule has 2 aliphatic rings. The molecule has 2 saturated heterocycles. The van der Waals surface area contributed by atoms with Crippen LogP contribution in [0.1, 0.15) is 19.4 Å². The lowest BCUT2D eigenvalue weighted by Crippen LogP contribution is -2.45. The van der Waals surface area contributed by atoms with Gasteiger partial charge < -0.3 is 40.2 Å². The molecule has 2 aliphatic heterocycles. The Morgan fingerprint density at radius 3 is 2.56 bits per heavy atom. The van der Waals surface area contributed by atoms with E-state index < -0.39 is 81.1 Å². The van der Waals surface area contributed by atoms with Gasteiger partial charge in [0.15, 0.2) is 47.3 Å². The molecule has 0 bridgehead atoms. The van der Waals surface area contributed by atoms with Gasteiger partial charge in [0.2, 0.25) is 5.95 Å². The van der Waals surface area contributed by atoms with Crippen LogP contribution in [-0.4, -0.2) is 105 Å². The molecule has 0 amide bonds. The van der Waals surface area contributed by atoms with E-state index in [9.17, 15) is 19.4 Å². The number of H-pyrrole nitrogens is 1. The van der Waals surface area contributed by atoms with Crippen LogP contribution in [0.4, 0.5) is 20.5 Å². The number of nitrogens with two attached hydrogens (primary N) is 2. The molecule has 6 rings (SSSR count). The van der Waals surface area contributed by atoms with Crippen molar-refractivity contribution in [3.05, 3.63) is 29.3 Å². The zero-order chi connectivity index (χ0) is 34.8. The normalized spacial score (nSPS) is 30.3. The van der Waals surface area contributed by atoms with Crippen LogP contribution in [0.2, 0.25) is 0 Å². The number of halogens is 2. The van der Waals surface area contributed by atoms with Gasteiger partial charge in [-0.2, -0.15) is 4.98 Å². The SMILES string of the molecule is CO[C@H]1[C@@H](n2cnc3c(N)ncnc32)O[C@](C)(COP(O)(=S)O[C@H]2[C@H](n3cnc4c(=O)[nH]c(N)nc43)O[C@H](CO[P+](=O)S)C2(F)F)[C@H]1O. The number of aromatic amines is 1. The molecule has 26 heteroatoms. The molecule has 2 fully saturated rings. The topological polar surface area (TPSA) is 272 Å². The molecule has 2 unspecified atom stereocenters. The van der Waals surface area contributed by atoms with E-state index in [1.807, 2.05) is 0 Å². The number of aliphatic hydroxyl groups is 1. The van der Waals surface area contributed by atoms with Crippen LogP contribution >= 0.6 is 26.2 Å². The summed E-state index contributed by atoms with van der Waals surface area (Å²) in [5, 5.41) is 11.2. The molecule has 0 aliphatic carbocycles. The summed E-state index contributed by atoms with van der Waals surface area (Å²) in [7, 11) is -1.29. The van der Waals surface area contributed by atoms with Crippen molar-refractivity contribution in [2.24, 2.45) is 0 Å². The first-order valence-electron chi connectivity index (χ1n) is 13.6. The van der Waals surface area contributed by atoms with E-state index in [0.717, 1.165) is 10.9 Å². The molecule has 0 saturated carbocycles. The van der Waals surface area contributed by atoms with Gasteiger partial charge in [0.25, 0.3) is 5.56 Å². The standard InChI is InChI=1S/C22H26F2N10O10P2S2/c1-21(12(35)11(39-2)18(43-21)33-6-29-9-14(25)27-5-28-15(9)33)4-41-46(38,48)44-13-19(42-8(22(13,23)24)3-40-45(37)47)34-7-30-10-16(34)31-20(26)32-17(10)36/h5-8,11-13,18-19,35H,3-4H2,1-2H3,(H6-,25,26,27,28,31,32,36,37,38,47,48)/p+1/t8-,11-,12+,13+,18+,19-,21-,46?/m1/s1. The Balaban J connectivity index is 1.26. The number of aromatic nitrogens is 8. The van der Waals surface area contributed by atoms with Gasteiger partial charge in [0.05, 0.1) is 19.3 Å². The molecule has 9 atom stereocenters. The molecule has 20 nitrogen and oxygen atoms in total. The summed E-state index contributed by atoms with van der Waals surface area (Å²) in [6.45, 7) is -4.84. The second-order valence-electron chi connectivity index (χ2n) is 10.8. The maximum absolute atomic E-state index is 15.9. The highest BCUT2D eigenvalue weighted by molar-refractivity contribution is 8.39. The molecule has 260 valence electrons. The smallest absolute Gasteiger partial charge is 0.387 e. The van der Waals surface area contributed by atoms with Gasteiger partial charge in [-0.25, -0.2) is 28.7 Å². The third kappa shape index (κ3) is 6.20. The number of imidazole rings is 2. The van der Waals surface area contributed by atoms with Gasteiger partial charge in [-0.05, 0) is 23.3 Å². The van der Waals surface area contributed by atoms with Crippen molar-refractivity contribution < 1.29 is 51.1 Å². The fourth-order valence-corrected chi connectivity index (χ4v) is 7.30. The van der Waals surface area contributed by atoms with E-state index in [-0.39, 0.29) is 34.1 Å². The third-order valence-corrected chi connectivity index (χ3v) is 9.97. The van der Waals surface area contributed by atoms with Gasteiger partial charge in [-0.15, -0.1) is 4.52 Å². The quantitative estimate of drug-likeness (QED) is 0.0900. The van der Waals surface area contributed by atoms with Crippen molar-refractivity contribution in [2.45, 2.75) is 55.3 Å². The number of aliphatic hydroxyl groups excluding tert-OH is 1. The highest BCUT2D eigenvalue weighted by atomic mass is 32.7. The minimum absolute atomic E-state index is 0.101. The Bertz CT molecular complexity index is 1990. The predicted octanol–water partition coefficient (Wildman–Crippen LogP) is 0.542. The maximum Gasteiger partial charge on any atom is 0.582 e. The lowest BCUT2D eigenvalue weighted by atomic mass is 9.98. The van der Waals surface area contributed by atoms with Crippen LogP contribution in [-0.2, 0) is 44.2 Å². The first kappa shape index (κ1) is 35.0. The number of nitrogens with zero attached hydrogens (tertiary/aromatic N) is 7. The number of alkyl halides is 2. The van der Waals surface area contributed by atoms with Crippen LogP contribution < -0.4 is 17.0 Å². The van der Waals surface area contributed by atoms with E-state index >= 15 is 8.78 Å². The molecule has 7 N–H and O–H groups in total. The second kappa shape index (κ2) is 12.8. The number of fused-ring (bicyclic) bond motifs is 2. The molecule has 0 spiro atoms. The number of thiol groups is 1. The Morgan fingerprint density at radius 2 is 1.88 bits per heavy atom. The van der Waals surface area contributed by atoms with Gasteiger partial charge in [0, 0.05) is 7.11 Å². The van der Waals surface area contributed by atoms with Crippen molar-refractivity contribution in [3.8, 4) is 0 Å². The zero-order valence-corrected chi connectivity index (χ0v) is 28.1. The Morgan fingerprint density at radius 1 is 1.19 bits per heavy atom. The molecule has 4 aromatic rings. The summed E-state index contributed by atoms with van der Waals surface area (Å²) in [5.74, 6) is -4.24. The molecule has 0 aromatic carbocycles. The van der Waals surface area contributed by atoms with E-state index in [4.69, 9.17) is 51.1 Å². The van der Waals surface area contributed by atoms with Crippen LogP contribution in [0, 0.1) is 0 Å². The van der Waals surface area contributed by atoms with E-state index in [2.05, 4.69) is 42.2 Å². The number of anilines is 2. The number of nitrogen functional groups attached to an aromatic ring is 2. The molecular formula is C22H27F2N10O10P2S2+. The first-order chi connectivity index (χ1) is 22.6. The molecule has 6 heterocycles. The third-order valence-electron chi connectivity index (χ3n) is 7.73. The fourth-order valence-electron chi connectivity index (χ4n) is 5.38. The second-order valence-corrected chi connectivity index (χ2v) is 15.3. The number of ether oxygens (including phenoxy) is 3. The van der Waals surface area contributed by atoms with Crippen molar-refractivity contribution in [1.82, 2.24) is 39.0 Å². The van der Waals surface area contributed by atoms with E-state index in [1.165, 1.54) is 31.3 Å². The highest BCUT2D eigenvalue weighted by Gasteiger charge is 2.63. The van der Waals surface area contributed by atoms with Crippen LogP contribution in [0.3, 0.4) is 0 Å². The number of hydrogen-bond acceptors (Lipinski definition) is 17. The van der Waals surface area contributed by atoms with Crippen molar-refractivity contribution >= 4 is 72.1 Å². The zero-order valence-electron chi connectivity index (χ0n) is 24.6. The largest absolute Gasteiger partial charge is 0.582 e. The van der Waals surface area contributed by atoms with Gasteiger partial charge >= 0.3 is 19.9 Å². The lowest BCUT2D eigenvalue weighted by molar-refractivity contribution is -0.125. The maximum atomic E-state index is 15.9. The molecule has 48 heavy (non-hydrogen) atoms. The summed E-state index contributed by atoms with van der Waals surface area (Å²) < 4.78 is 78.4. The van der Waals surface area contributed by atoms with Gasteiger partial charge in [-0.3, -0.25) is 23.4 Å². The van der Waals surface area contributed by atoms with Crippen molar-refractivity contribution in [3.63, 3.8) is 0 Å². The lowest BCUT2D eigenvalue weighted by Gasteiger charge is -2.31. The van der Waals surface area contributed by atoms with E-state index in [1.54, 1.807) is 0 Å². The fraction of sp³-hybridized carbons (Fsp3) is 0.545. The Kier molecular flexibility index (Phi) is 9.32. The van der Waals surface area contributed by atoms with E-state index in [0.29, 0.717) is 0 Å². The number of rotatable bonds is 11. The summed E-state index contributed by atoms with van der Waals surface area (Å²) in [6.07, 6.45) is -6.36. The van der Waals surface area contributed by atoms with Crippen molar-refractivity contribution in [1.29, 1.82) is 0 Å².